The van der Waals surface area contributed by atoms with Crippen molar-refractivity contribution in [1.29, 1.82) is 0 Å². The van der Waals surface area contributed by atoms with Crippen LogP contribution < -0.4 is 10.6 Å². The van der Waals surface area contributed by atoms with Crippen LogP contribution in [0.2, 0.25) is 0 Å². The summed E-state index contributed by atoms with van der Waals surface area (Å²) < 4.78 is 35.6. The molecule has 2 atom stereocenters. The van der Waals surface area contributed by atoms with E-state index < -0.39 is 33.3 Å². The summed E-state index contributed by atoms with van der Waals surface area (Å²) in [6.07, 6.45) is -0.0221. The number of rotatable bonds is 6. The summed E-state index contributed by atoms with van der Waals surface area (Å²) in [5.74, 6) is -0.823. The largest absolute Gasteiger partial charge is 0.464 e. The van der Waals surface area contributed by atoms with E-state index in [1.165, 1.54) is 0 Å². The van der Waals surface area contributed by atoms with Crippen molar-refractivity contribution < 1.29 is 27.3 Å². The van der Waals surface area contributed by atoms with Gasteiger partial charge in [-0.1, -0.05) is 13.8 Å². The van der Waals surface area contributed by atoms with E-state index in [9.17, 15) is 18.0 Å². The summed E-state index contributed by atoms with van der Waals surface area (Å²) in [5.41, 5.74) is 0. The first-order chi connectivity index (χ1) is 9.20. The van der Waals surface area contributed by atoms with Crippen LogP contribution in [-0.4, -0.2) is 55.8 Å². The molecule has 1 amide bonds. The fourth-order valence-corrected chi connectivity index (χ4v) is 2.47. The van der Waals surface area contributed by atoms with Gasteiger partial charge >= 0.3 is 5.97 Å². The monoisotopic (exact) mass is 308 g/mol. The van der Waals surface area contributed by atoms with Gasteiger partial charge in [0, 0.05) is 6.54 Å². The minimum atomic E-state index is -4.15. The van der Waals surface area contributed by atoms with Crippen LogP contribution in [0.5, 0.6) is 0 Å². The molecule has 1 saturated heterocycles. The van der Waals surface area contributed by atoms with Gasteiger partial charge in [-0.25, -0.2) is 0 Å². The number of carbonyl (C=O) groups is 2. The van der Waals surface area contributed by atoms with E-state index in [2.05, 4.69) is 10.6 Å². The zero-order valence-corrected chi connectivity index (χ0v) is 12.3. The molecule has 0 aromatic carbocycles. The molecule has 0 radical (unpaired) electrons. The standard InChI is InChI=1S/C11H20N2O6S/c1-7(2)6-19-10(14)5-13-11(15)9-3-8(4-12-9)20(16,17)18/h7-9,12H,3-6H2,1-2H3,(H,13,15)(H,16,17,18)/t8?,9-/m0/s1. The normalized spacial score (nSPS) is 22.8. The third-order valence-corrected chi connectivity index (χ3v) is 4.01. The highest BCUT2D eigenvalue weighted by atomic mass is 32.2. The van der Waals surface area contributed by atoms with Crippen LogP contribution >= 0.6 is 0 Å². The highest BCUT2D eigenvalue weighted by Gasteiger charge is 2.36. The number of carbonyl (C=O) groups excluding carboxylic acids is 2. The number of nitrogens with one attached hydrogen (secondary N) is 2. The van der Waals surface area contributed by atoms with Crippen LogP contribution in [0.1, 0.15) is 20.3 Å². The number of hydrogen-bond acceptors (Lipinski definition) is 6. The second-order valence-electron chi connectivity index (χ2n) is 5.13. The van der Waals surface area contributed by atoms with E-state index in [1.807, 2.05) is 13.8 Å². The molecule has 0 aromatic rings. The number of amides is 1. The Morgan fingerprint density at radius 1 is 1.45 bits per heavy atom. The molecule has 1 fully saturated rings. The second-order valence-corrected chi connectivity index (χ2v) is 6.82. The van der Waals surface area contributed by atoms with E-state index >= 15 is 0 Å². The summed E-state index contributed by atoms with van der Waals surface area (Å²) in [5, 5.41) is 4.06. The quantitative estimate of drug-likeness (QED) is 0.421. The maximum atomic E-state index is 11.7. The van der Waals surface area contributed by atoms with Crippen molar-refractivity contribution in [2.75, 3.05) is 19.7 Å². The SMILES string of the molecule is CC(C)COC(=O)CNC(=O)[C@@H]1CC(S(=O)(=O)O)CN1. The van der Waals surface area contributed by atoms with Crippen LogP contribution in [-0.2, 0) is 24.4 Å². The Bertz CT molecular complexity index is 462. The number of ether oxygens (including phenoxy) is 1. The second kappa shape index (κ2) is 7.00. The van der Waals surface area contributed by atoms with E-state index in [-0.39, 0.29) is 32.0 Å². The van der Waals surface area contributed by atoms with Crippen molar-refractivity contribution in [2.45, 2.75) is 31.6 Å². The van der Waals surface area contributed by atoms with Crippen molar-refractivity contribution in [1.82, 2.24) is 10.6 Å². The molecule has 8 nitrogen and oxygen atoms in total. The van der Waals surface area contributed by atoms with Gasteiger partial charge in [0.05, 0.1) is 12.6 Å². The Kier molecular flexibility index (Phi) is 5.90. The lowest BCUT2D eigenvalue weighted by molar-refractivity contribution is -0.145. The molecule has 1 aliphatic heterocycles. The van der Waals surface area contributed by atoms with Crippen LogP contribution in [0.4, 0.5) is 0 Å². The van der Waals surface area contributed by atoms with Gasteiger partial charge in [-0.3, -0.25) is 14.1 Å². The van der Waals surface area contributed by atoms with Gasteiger partial charge in [-0.2, -0.15) is 8.42 Å². The van der Waals surface area contributed by atoms with Crippen molar-refractivity contribution in [2.24, 2.45) is 5.92 Å². The number of hydrogen-bond donors (Lipinski definition) is 3. The lowest BCUT2D eigenvalue weighted by Gasteiger charge is -2.11. The average Bonchev–Trinajstić information content (AvgIpc) is 2.82. The molecule has 0 spiro atoms. The first-order valence-electron chi connectivity index (χ1n) is 6.33. The first-order valence-corrected chi connectivity index (χ1v) is 7.83. The topological polar surface area (TPSA) is 122 Å². The maximum absolute atomic E-state index is 11.7. The number of esters is 1. The third kappa shape index (κ3) is 5.43. The van der Waals surface area contributed by atoms with Gasteiger partial charge in [0.15, 0.2) is 0 Å². The smallest absolute Gasteiger partial charge is 0.325 e. The lowest BCUT2D eigenvalue weighted by atomic mass is 10.2. The van der Waals surface area contributed by atoms with Crippen LogP contribution in [0, 0.1) is 5.92 Å². The van der Waals surface area contributed by atoms with Crippen molar-refractivity contribution >= 4 is 22.0 Å². The summed E-state index contributed by atoms with van der Waals surface area (Å²) in [6.45, 7) is 3.81. The van der Waals surface area contributed by atoms with Crippen molar-refractivity contribution in [3.05, 3.63) is 0 Å². The Hall–Kier alpha value is -1.19. The van der Waals surface area contributed by atoms with Crippen molar-refractivity contribution in [3.63, 3.8) is 0 Å². The molecule has 0 aliphatic carbocycles. The van der Waals surface area contributed by atoms with Gasteiger partial charge < -0.3 is 15.4 Å². The molecule has 3 N–H and O–H groups in total. The van der Waals surface area contributed by atoms with Crippen LogP contribution in [0.3, 0.4) is 0 Å². The highest BCUT2D eigenvalue weighted by Crippen LogP contribution is 2.13. The summed E-state index contributed by atoms with van der Waals surface area (Å²) >= 11 is 0. The first kappa shape index (κ1) is 16.9. The van der Waals surface area contributed by atoms with E-state index in [0.717, 1.165) is 0 Å². The average molecular weight is 308 g/mol. The van der Waals surface area contributed by atoms with Gasteiger partial charge in [0.2, 0.25) is 5.91 Å². The predicted octanol–water partition coefficient (Wildman–Crippen LogP) is -1.08. The Morgan fingerprint density at radius 2 is 2.10 bits per heavy atom. The van der Waals surface area contributed by atoms with Crippen molar-refractivity contribution in [3.8, 4) is 0 Å². The predicted molar refractivity (Wildman–Crippen MR) is 70.6 cm³/mol. The zero-order chi connectivity index (χ0) is 15.3. The van der Waals surface area contributed by atoms with E-state index in [4.69, 9.17) is 9.29 Å². The van der Waals surface area contributed by atoms with Gasteiger partial charge in [0.1, 0.15) is 11.8 Å². The molecule has 116 valence electrons. The van der Waals surface area contributed by atoms with Gasteiger partial charge in [-0.15, -0.1) is 0 Å². The molecule has 0 bridgehead atoms. The maximum Gasteiger partial charge on any atom is 0.325 e. The molecular formula is C11H20N2O6S. The molecule has 20 heavy (non-hydrogen) atoms. The lowest BCUT2D eigenvalue weighted by Crippen LogP contribution is -2.42. The molecule has 1 heterocycles. The third-order valence-electron chi connectivity index (χ3n) is 2.81. The molecule has 1 unspecified atom stereocenters. The molecule has 0 saturated carbocycles. The summed E-state index contributed by atoms with van der Waals surface area (Å²) in [7, 11) is -4.15. The molecule has 1 aliphatic rings. The Labute approximate surface area is 118 Å². The van der Waals surface area contributed by atoms with E-state index in [0.29, 0.717) is 0 Å². The highest BCUT2D eigenvalue weighted by molar-refractivity contribution is 7.86. The van der Waals surface area contributed by atoms with Gasteiger partial charge in [0.25, 0.3) is 10.1 Å². The molecule has 1 rings (SSSR count). The molecule has 9 heteroatoms. The Balaban J connectivity index is 2.32. The Morgan fingerprint density at radius 3 is 2.60 bits per heavy atom. The molecular weight excluding hydrogens is 288 g/mol. The minimum Gasteiger partial charge on any atom is -0.464 e. The van der Waals surface area contributed by atoms with Crippen LogP contribution in [0.25, 0.3) is 0 Å². The summed E-state index contributed by atoms with van der Waals surface area (Å²) in [4.78, 5) is 23.0. The van der Waals surface area contributed by atoms with Gasteiger partial charge in [-0.05, 0) is 12.3 Å². The minimum absolute atomic E-state index is 0.00865. The zero-order valence-electron chi connectivity index (χ0n) is 11.5. The fourth-order valence-electron chi connectivity index (χ4n) is 1.72. The summed E-state index contributed by atoms with van der Waals surface area (Å²) in [6, 6.07) is -0.736. The fraction of sp³-hybridized carbons (Fsp3) is 0.818. The van der Waals surface area contributed by atoms with Crippen LogP contribution in [0.15, 0.2) is 0 Å². The van der Waals surface area contributed by atoms with E-state index in [1.54, 1.807) is 0 Å². The molecule has 0 aromatic heterocycles.